The van der Waals surface area contributed by atoms with E-state index in [9.17, 15) is 9.59 Å². The molecule has 0 unspecified atom stereocenters. The summed E-state index contributed by atoms with van der Waals surface area (Å²) < 4.78 is 5.13. The topological polar surface area (TPSA) is 62.2 Å². The van der Waals surface area contributed by atoms with E-state index in [-0.39, 0.29) is 17.9 Å². The van der Waals surface area contributed by atoms with Gasteiger partial charge in [-0.15, -0.1) is 0 Å². The maximum Gasteiger partial charge on any atom is 0.338 e. The van der Waals surface area contributed by atoms with Gasteiger partial charge in [-0.1, -0.05) is 49.0 Å². The highest BCUT2D eigenvalue weighted by Gasteiger charge is 2.41. The van der Waals surface area contributed by atoms with Crippen LogP contribution in [0.3, 0.4) is 0 Å². The maximum atomic E-state index is 12.8. The molecule has 3 heterocycles. The fraction of sp³-hybridized carbons (Fsp3) is 0.409. The van der Waals surface area contributed by atoms with Crippen molar-refractivity contribution in [3.8, 4) is 0 Å². The number of carbonyl (C=O) groups excluding carboxylic acids is 2. The fourth-order valence-electron chi connectivity index (χ4n) is 4.10. The van der Waals surface area contributed by atoms with Crippen molar-refractivity contribution >= 4 is 28.8 Å². The van der Waals surface area contributed by atoms with Gasteiger partial charge in [0.15, 0.2) is 5.17 Å². The number of hydrogen-bond donors (Lipinski definition) is 0. The van der Waals surface area contributed by atoms with Gasteiger partial charge in [0.25, 0.3) is 0 Å². The van der Waals surface area contributed by atoms with Crippen LogP contribution in [0, 0.1) is 0 Å². The first-order valence-electron chi connectivity index (χ1n) is 10.0. The molecule has 152 valence electrons. The Labute approximate surface area is 175 Å². The third kappa shape index (κ3) is 3.71. The van der Waals surface area contributed by atoms with Gasteiger partial charge in [0, 0.05) is 18.8 Å². The molecule has 1 aromatic carbocycles. The lowest BCUT2D eigenvalue weighted by molar-refractivity contribution is -0.136. The first-order valence-corrected chi connectivity index (χ1v) is 10.9. The number of amidine groups is 1. The van der Waals surface area contributed by atoms with Crippen molar-refractivity contribution in [1.29, 1.82) is 0 Å². The quantitative estimate of drug-likeness (QED) is 0.689. The summed E-state index contributed by atoms with van der Waals surface area (Å²) in [7, 11) is 1.40. The van der Waals surface area contributed by atoms with Crippen molar-refractivity contribution in [1.82, 2.24) is 9.80 Å². The molecule has 1 saturated heterocycles. The van der Waals surface area contributed by atoms with Crippen molar-refractivity contribution in [2.75, 3.05) is 20.2 Å². The van der Waals surface area contributed by atoms with Crippen molar-refractivity contribution < 1.29 is 14.3 Å². The molecule has 0 aromatic heterocycles. The highest BCUT2D eigenvalue weighted by atomic mass is 32.2. The zero-order chi connectivity index (χ0) is 20.4. The Bertz CT molecular complexity index is 901. The Hall–Kier alpha value is -2.54. The van der Waals surface area contributed by atoms with Gasteiger partial charge in [-0.25, -0.2) is 9.79 Å². The average Bonchev–Trinajstić information content (AvgIpc) is 3.43. The molecule has 0 aliphatic carbocycles. The average molecular weight is 412 g/mol. The van der Waals surface area contributed by atoms with Gasteiger partial charge in [-0.2, -0.15) is 0 Å². The molecule has 3 aliphatic rings. The number of allylic oxidation sites excluding steroid dienone is 1. The first kappa shape index (κ1) is 19.8. The third-order valence-electron chi connectivity index (χ3n) is 5.54. The molecule has 1 aromatic rings. The normalized spacial score (nSPS) is 21.1. The van der Waals surface area contributed by atoms with E-state index in [1.54, 1.807) is 0 Å². The van der Waals surface area contributed by atoms with Crippen molar-refractivity contribution in [2.45, 2.75) is 38.6 Å². The minimum Gasteiger partial charge on any atom is -0.466 e. The van der Waals surface area contributed by atoms with Crippen molar-refractivity contribution in [2.24, 2.45) is 4.99 Å². The standard InChI is InChI=1S/C22H25N3O3S/c1-3-17-19(21(27)28-2)20(15-9-5-4-6-10-15)25-16(14-29-22(25)23-17)13-18(26)24-11-7-8-12-24/h4-6,9-10,14,20H,3,7-8,11-13H2,1-2H3/t20-/m0/s1. The molecule has 1 amide bonds. The smallest absolute Gasteiger partial charge is 0.338 e. The summed E-state index contributed by atoms with van der Waals surface area (Å²) in [6, 6.07) is 9.54. The number of rotatable bonds is 5. The van der Waals surface area contributed by atoms with Crippen LogP contribution in [-0.2, 0) is 14.3 Å². The fourth-order valence-corrected chi connectivity index (χ4v) is 5.03. The summed E-state index contributed by atoms with van der Waals surface area (Å²) >= 11 is 1.51. The number of likely N-dealkylation sites (tertiary alicyclic amines) is 1. The number of benzene rings is 1. The number of ether oxygens (including phenoxy) is 1. The van der Waals surface area contributed by atoms with Crippen LogP contribution in [0.15, 0.2) is 57.7 Å². The second-order valence-corrected chi connectivity index (χ2v) is 8.11. The van der Waals surface area contributed by atoms with E-state index in [1.807, 2.05) is 52.5 Å². The Morgan fingerprint density at radius 1 is 1.21 bits per heavy atom. The van der Waals surface area contributed by atoms with E-state index in [1.165, 1.54) is 18.9 Å². The van der Waals surface area contributed by atoms with E-state index < -0.39 is 0 Å². The number of hydrogen-bond acceptors (Lipinski definition) is 6. The summed E-state index contributed by atoms with van der Waals surface area (Å²) in [5.74, 6) is -0.243. The van der Waals surface area contributed by atoms with E-state index in [0.717, 1.165) is 48.1 Å². The van der Waals surface area contributed by atoms with Crippen LogP contribution in [0.25, 0.3) is 0 Å². The van der Waals surface area contributed by atoms with Crippen LogP contribution < -0.4 is 0 Å². The minimum atomic E-state index is -0.374. The molecule has 7 heteroatoms. The third-order valence-corrected chi connectivity index (χ3v) is 6.42. The number of amides is 1. The lowest BCUT2D eigenvalue weighted by Crippen LogP contribution is -2.38. The van der Waals surface area contributed by atoms with Crippen molar-refractivity contribution in [3.63, 3.8) is 0 Å². The summed E-state index contributed by atoms with van der Waals surface area (Å²) in [5.41, 5.74) is 3.15. The second-order valence-electron chi connectivity index (χ2n) is 7.27. The van der Waals surface area contributed by atoms with Crippen molar-refractivity contribution in [3.05, 3.63) is 58.3 Å². The van der Waals surface area contributed by atoms with E-state index >= 15 is 0 Å². The second kappa shape index (κ2) is 8.45. The van der Waals surface area contributed by atoms with Gasteiger partial charge in [0.2, 0.25) is 5.91 Å². The molecule has 1 fully saturated rings. The molecule has 0 spiro atoms. The summed E-state index contributed by atoms with van der Waals surface area (Å²) in [6.45, 7) is 3.65. The number of carbonyl (C=O) groups is 2. The van der Waals surface area contributed by atoms with Gasteiger partial charge >= 0.3 is 5.97 Å². The molecule has 1 atom stereocenters. The Morgan fingerprint density at radius 3 is 2.59 bits per heavy atom. The predicted octanol–water partition coefficient (Wildman–Crippen LogP) is 3.84. The molecular formula is C22H25N3O3S. The molecule has 0 saturated carbocycles. The summed E-state index contributed by atoms with van der Waals surface area (Å²) in [4.78, 5) is 34.3. The molecule has 0 N–H and O–H groups in total. The summed E-state index contributed by atoms with van der Waals surface area (Å²) in [5, 5.41) is 2.81. The predicted molar refractivity (Wildman–Crippen MR) is 114 cm³/mol. The van der Waals surface area contributed by atoms with Crippen LogP contribution in [0.5, 0.6) is 0 Å². The number of fused-ring (bicyclic) bond motifs is 1. The zero-order valence-electron chi connectivity index (χ0n) is 16.8. The highest BCUT2D eigenvalue weighted by Crippen LogP contribution is 2.45. The monoisotopic (exact) mass is 411 g/mol. The Balaban J connectivity index is 1.73. The van der Waals surface area contributed by atoms with Gasteiger partial charge in [-0.3, -0.25) is 4.79 Å². The van der Waals surface area contributed by atoms with Crippen LogP contribution in [0.4, 0.5) is 0 Å². The van der Waals surface area contributed by atoms with E-state index in [0.29, 0.717) is 18.4 Å². The molecule has 0 bridgehead atoms. The number of methoxy groups -OCH3 is 1. The van der Waals surface area contributed by atoms with Gasteiger partial charge in [-0.05, 0) is 30.2 Å². The number of aliphatic imine (C=N–C) groups is 1. The van der Waals surface area contributed by atoms with Gasteiger partial charge < -0.3 is 14.5 Å². The minimum absolute atomic E-state index is 0.132. The van der Waals surface area contributed by atoms with Crippen LogP contribution in [-0.4, -0.2) is 47.0 Å². The first-order chi connectivity index (χ1) is 14.1. The van der Waals surface area contributed by atoms with Crippen LogP contribution >= 0.6 is 11.8 Å². The lowest BCUT2D eigenvalue weighted by Gasteiger charge is -2.36. The van der Waals surface area contributed by atoms with E-state index in [4.69, 9.17) is 9.73 Å². The highest BCUT2D eigenvalue weighted by molar-refractivity contribution is 8.16. The molecular weight excluding hydrogens is 386 g/mol. The van der Waals surface area contributed by atoms with Gasteiger partial charge in [0.1, 0.15) is 0 Å². The molecule has 3 aliphatic heterocycles. The number of nitrogens with zero attached hydrogens (tertiary/aromatic N) is 3. The molecule has 29 heavy (non-hydrogen) atoms. The molecule has 4 rings (SSSR count). The van der Waals surface area contributed by atoms with Crippen LogP contribution in [0.1, 0.15) is 44.2 Å². The largest absolute Gasteiger partial charge is 0.466 e. The van der Waals surface area contributed by atoms with Crippen LogP contribution in [0.2, 0.25) is 0 Å². The lowest BCUT2D eigenvalue weighted by atomic mass is 9.93. The SMILES string of the molecule is CCC1=C(C(=O)OC)[C@H](c2ccccc2)N2C(CC(=O)N3CCCC3)=CSC2=N1. The Kier molecular flexibility index (Phi) is 5.76. The summed E-state index contributed by atoms with van der Waals surface area (Å²) in [6.07, 6.45) is 3.08. The van der Waals surface area contributed by atoms with E-state index in [2.05, 4.69) is 0 Å². The van der Waals surface area contributed by atoms with Gasteiger partial charge in [0.05, 0.1) is 30.8 Å². The maximum absolute atomic E-state index is 12.8. The zero-order valence-corrected chi connectivity index (χ0v) is 17.6. The number of esters is 1. The number of thioether (sulfide) groups is 1. The Morgan fingerprint density at radius 2 is 1.93 bits per heavy atom. The molecule has 6 nitrogen and oxygen atoms in total. The molecule has 0 radical (unpaired) electrons.